The number of ether oxygens (including phenoxy) is 2. The van der Waals surface area contributed by atoms with Crippen molar-refractivity contribution >= 4 is 5.96 Å². The third kappa shape index (κ3) is 6.30. The molecule has 0 aliphatic carbocycles. The highest BCUT2D eigenvalue weighted by molar-refractivity contribution is 5.79. The van der Waals surface area contributed by atoms with Crippen LogP contribution in [0.1, 0.15) is 31.4 Å². The standard InChI is InChI=1S/C19H28F3N3O2/c1-13(2)27-16-6-5-15(17(9-16)19(20,21)22)10-24-18(23-3)25(4)11-14-7-8-26-12-14/h5-6,9,13-14H,7-8,10-12H2,1-4H3,(H,23,24). The monoisotopic (exact) mass is 387 g/mol. The average molecular weight is 387 g/mol. The van der Waals surface area contributed by atoms with Gasteiger partial charge in [-0.05, 0) is 38.0 Å². The number of hydrogen-bond donors (Lipinski definition) is 1. The Bertz CT molecular complexity index is 642. The molecule has 5 nitrogen and oxygen atoms in total. The summed E-state index contributed by atoms with van der Waals surface area (Å²) in [6, 6.07) is 4.07. The van der Waals surface area contributed by atoms with E-state index in [2.05, 4.69) is 10.3 Å². The fraction of sp³-hybridized carbons (Fsp3) is 0.632. The summed E-state index contributed by atoms with van der Waals surface area (Å²) >= 11 is 0. The molecule has 27 heavy (non-hydrogen) atoms. The van der Waals surface area contributed by atoms with Crippen LogP contribution < -0.4 is 10.1 Å². The maximum atomic E-state index is 13.5. The number of nitrogens with zero attached hydrogens (tertiary/aromatic N) is 2. The normalized spacial score (nSPS) is 18.1. The third-order valence-corrected chi connectivity index (χ3v) is 4.32. The summed E-state index contributed by atoms with van der Waals surface area (Å²) < 4.78 is 51.2. The number of alkyl halides is 3. The molecule has 152 valence electrons. The van der Waals surface area contributed by atoms with Gasteiger partial charge in [0.1, 0.15) is 5.75 Å². The Balaban J connectivity index is 2.08. The zero-order chi connectivity index (χ0) is 20.0. The molecule has 0 spiro atoms. The Morgan fingerprint density at radius 2 is 2.15 bits per heavy atom. The highest BCUT2D eigenvalue weighted by Gasteiger charge is 2.34. The number of aliphatic imine (C=N–C) groups is 1. The quantitative estimate of drug-likeness (QED) is 0.599. The number of hydrogen-bond acceptors (Lipinski definition) is 3. The van der Waals surface area contributed by atoms with Crippen LogP contribution in [0.2, 0.25) is 0 Å². The van der Waals surface area contributed by atoms with Crippen molar-refractivity contribution in [2.24, 2.45) is 10.9 Å². The molecular weight excluding hydrogens is 359 g/mol. The maximum Gasteiger partial charge on any atom is 0.416 e. The zero-order valence-electron chi connectivity index (χ0n) is 16.3. The van der Waals surface area contributed by atoms with Crippen LogP contribution in [0, 0.1) is 5.92 Å². The van der Waals surface area contributed by atoms with Gasteiger partial charge < -0.3 is 19.7 Å². The summed E-state index contributed by atoms with van der Waals surface area (Å²) in [5.41, 5.74) is -0.548. The molecule has 1 N–H and O–H groups in total. The van der Waals surface area contributed by atoms with E-state index in [0.29, 0.717) is 18.5 Å². The number of benzene rings is 1. The smallest absolute Gasteiger partial charge is 0.416 e. The molecule has 0 bridgehead atoms. The molecule has 0 aromatic heterocycles. The largest absolute Gasteiger partial charge is 0.491 e. The van der Waals surface area contributed by atoms with Crippen molar-refractivity contribution in [1.29, 1.82) is 0 Å². The third-order valence-electron chi connectivity index (χ3n) is 4.32. The molecule has 1 fully saturated rings. The van der Waals surface area contributed by atoms with Gasteiger partial charge in [-0.15, -0.1) is 0 Å². The number of rotatable bonds is 6. The van der Waals surface area contributed by atoms with E-state index in [9.17, 15) is 13.2 Å². The van der Waals surface area contributed by atoms with Gasteiger partial charge >= 0.3 is 6.18 Å². The first kappa shape index (κ1) is 21.3. The van der Waals surface area contributed by atoms with E-state index in [1.807, 2.05) is 11.9 Å². The lowest BCUT2D eigenvalue weighted by molar-refractivity contribution is -0.138. The van der Waals surface area contributed by atoms with Gasteiger partial charge in [-0.2, -0.15) is 13.2 Å². The van der Waals surface area contributed by atoms with Crippen LogP contribution in [0.3, 0.4) is 0 Å². The first-order valence-electron chi connectivity index (χ1n) is 9.07. The van der Waals surface area contributed by atoms with Crippen molar-refractivity contribution in [3.8, 4) is 5.75 Å². The first-order chi connectivity index (χ1) is 12.7. The van der Waals surface area contributed by atoms with Crippen molar-refractivity contribution in [3.63, 3.8) is 0 Å². The Morgan fingerprint density at radius 1 is 1.41 bits per heavy atom. The van der Waals surface area contributed by atoms with Crippen LogP contribution >= 0.6 is 0 Å². The summed E-state index contributed by atoms with van der Waals surface area (Å²) in [5.74, 6) is 1.17. The van der Waals surface area contributed by atoms with E-state index in [-0.39, 0.29) is 24.0 Å². The molecule has 8 heteroatoms. The highest BCUT2D eigenvalue weighted by Crippen LogP contribution is 2.34. The summed E-state index contributed by atoms with van der Waals surface area (Å²) in [4.78, 5) is 6.10. The molecule has 1 aromatic rings. The molecule has 1 unspecified atom stereocenters. The van der Waals surface area contributed by atoms with E-state index < -0.39 is 11.7 Å². The zero-order valence-corrected chi connectivity index (χ0v) is 16.3. The van der Waals surface area contributed by atoms with Crippen molar-refractivity contribution in [2.75, 3.05) is 33.9 Å². The topological polar surface area (TPSA) is 46.1 Å². The molecule has 1 aromatic carbocycles. The van der Waals surface area contributed by atoms with Gasteiger partial charge in [0.05, 0.1) is 18.3 Å². The molecule has 0 saturated carbocycles. The van der Waals surface area contributed by atoms with Crippen molar-refractivity contribution < 1.29 is 22.6 Å². The second-order valence-electron chi connectivity index (χ2n) is 6.99. The second-order valence-corrected chi connectivity index (χ2v) is 6.99. The lowest BCUT2D eigenvalue weighted by atomic mass is 10.1. The van der Waals surface area contributed by atoms with E-state index in [1.165, 1.54) is 6.07 Å². The Labute approximate surface area is 158 Å². The van der Waals surface area contributed by atoms with Crippen molar-refractivity contribution in [2.45, 2.75) is 39.1 Å². The molecule has 2 rings (SSSR count). The van der Waals surface area contributed by atoms with Crippen LogP contribution in [-0.4, -0.2) is 50.8 Å². The molecule has 1 saturated heterocycles. The SMILES string of the molecule is CN=C(NCc1ccc(OC(C)C)cc1C(F)(F)F)N(C)CC1CCOC1. The van der Waals surface area contributed by atoms with E-state index in [4.69, 9.17) is 9.47 Å². The molecule has 0 amide bonds. The Morgan fingerprint density at radius 3 is 2.70 bits per heavy atom. The molecule has 1 atom stereocenters. The number of nitrogens with one attached hydrogen (secondary N) is 1. The Hall–Kier alpha value is -1.96. The van der Waals surface area contributed by atoms with Crippen LogP contribution in [0.5, 0.6) is 5.75 Å². The highest BCUT2D eigenvalue weighted by atomic mass is 19.4. The van der Waals surface area contributed by atoms with E-state index in [0.717, 1.165) is 25.6 Å². The van der Waals surface area contributed by atoms with Gasteiger partial charge in [-0.3, -0.25) is 4.99 Å². The van der Waals surface area contributed by atoms with E-state index >= 15 is 0 Å². The lowest BCUT2D eigenvalue weighted by Gasteiger charge is -2.25. The van der Waals surface area contributed by atoms with Crippen LogP contribution in [0.25, 0.3) is 0 Å². The van der Waals surface area contributed by atoms with Gasteiger partial charge in [0, 0.05) is 39.7 Å². The number of halogens is 3. The van der Waals surface area contributed by atoms with Crippen LogP contribution in [0.4, 0.5) is 13.2 Å². The molecule has 0 radical (unpaired) electrons. The predicted molar refractivity (Wildman–Crippen MR) is 99.0 cm³/mol. The van der Waals surface area contributed by atoms with Crippen molar-refractivity contribution in [3.05, 3.63) is 29.3 Å². The fourth-order valence-corrected chi connectivity index (χ4v) is 3.08. The van der Waals surface area contributed by atoms with Crippen LogP contribution in [-0.2, 0) is 17.5 Å². The predicted octanol–water partition coefficient (Wildman–Crippen LogP) is 3.54. The maximum absolute atomic E-state index is 13.5. The molecule has 1 heterocycles. The lowest BCUT2D eigenvalue weighted by Crippen LogP contribution is -2.41. The summed E-state index contributed by atoms with van der Waals surface area (Å²) in [5, 5.41) is 3.03. The minimum Gasteiger partial charge on any atom is -0.491 e. The Kier molecular flexibility index (Phi) is 7.35. The van der Waals surface area contributed by atoms with Gasteiger partial charge in [0.25, 0.3) is 0 Å². The first-order valence-corrected chi connectivity index (χ1v) is 9.07. The average Bonchev–Trinajstić information content (AvgIpc) is 3.08. The molecular formula is C19H28F3N3O2. The fourth-order valence-electron chi connectivity index (χ4n) is 3.08. The second kappa shape index (κ2) is 9.30. The minimum absolute atomic E-state index is 0.0228. The van der Waals surface area contributed by atoms with Crippen LogP contribution in [0.15, 0.2) is 23.2 Å². The van der Waals surface area contributed by atoms with Gasteiger partial charge in [0.2, 0.25) is 0 Å². The summed E-state index contributed by atoms with van der Waals surface area (Å²) in [7, 11) is 3.49. The van der Waals surface area contributed by atoms with Gasteiger partial charge in [-0.1, -0.05) is 6.07 Å². The molecule has 1 aliphatic heterocycles. The minimum atomic E-state index is -4.45. The number of guanidine groups is 1. The van der Waals surface area contributed by atoms with E-state index in [1.54, 1.807) is 27.0 Å². The summed E-state index contributed by atoms with van der Waals surface area (Å²) in [6.45, 7) is 5.78. The van der Waals surface area contributed by atoms with Gasteiger partial charge in [0.15, 0.2) is 5.96 Å². The summed E-state index contributed by atoms with van der Waals surface area (Å²) in [6.07, 6.45) is -3.66. The van der Waals surface area contributed by atoms with Crippen molar-refractivity contribution in [1.82, 2.24) is 10.2 Å². The molecule has 1 aliphatic rings. The van der Waals surface area contributed by atoms with Gasteiger partial charge in [-0.25, -0.2) is 0 Å².